The third kappa shape index (κ3) is 5.03. The summed E-state index contributed by atoms with van der Waals surface area (Å²) < 4.78 is 0. The number of carbonyl (C=O) groups is 1. The van der Waals surface area contributed by atoms with Gasteiger partial charge in [0.25, 0.3) is 5.91 Å². The van der Waals surface area contributed by atoms with Crippen molar-refractivity contribution in [3.8, 4) is 0 Å². The van der Waals surface area contributed by atoms with Crippen LogP contribution < -0.4 is 15.1 Å². The van der Waals surface area contributed by atoms with Crippen LogP contribution in [0, 0.1) is 5.92 Å². The van der Waals surface area contributed by atoms with Crippen molar-refractivity contribution in [2.24, 2.45) is 5.92 Å². The average Bonchev–Trinajstić information content (AvgIpc) is 3.04. The van der Waals surface area contributed by atoms with Gasteiger partial charge < -0.3 is 15.1 Å². The Morgan fingerprint density at radius 3 is 2.65 bits per heavy atom. The van der Waals surface area contributed by atoms with Gasteiger partial charge >= 0.3 is 0 Å². The highest BCUT2D eigenvalue weighted by Gasteiger charge is 2.27. The molecular formula is C18H31N3OS+2. The third-order valence-electron chi connectivity index (χ3n) is 5.54. The van der Waals surface area contributed by atoms with Crippen LogP contribution in [0.1, 0.15) is 37.5 Å². The number of amides is 1. The number of nitrogens with one attached hydrogen (secondary N) is 3. The molecule has 3 rings (SSSR count). The third-order valence-corrected chi connectivity index (χ3v) is 6.41. The maximum atomic E-state index is 12.3. The van der Waals surface area contributed by atoms with E-state index < -0.39 is 0 Å². The lowest BCUT2D eigenvalue weighted by atomic mass is 9.86. The predicted molar refractivity (Wildman–Crippen MR) is 93.8 cm³/mol. The Morgan fingerprint density at radius 1 is 1.22 bits per heavy atom. The van der Waals surface area contributed by atoms with Crippen molar-refractivity contribution in [3.63, 3.8) is 0 Å². The minimum atomic E-state index is 0.264. The van der Waals surface area contributed by atoms with Gasteiger partial charge in [-0.15, -0.1) is 11.3 Å². The molecule has 0 spiro atoms. The van der Waals surface area contributed by atoms with Crippen LogP contribution in [-0.4, -0.2) is 44.7 Å². The van der Waals surface area contributed by atoms with Gasteiger partial charge in [-0.2, -0.15) is 0 Å². The van der Waals surface area contributed by atoms with Gasteiger partial charge in [-0.1, -0.05) is 25.8 Å². The van der Waals surface area contributed by atoms with Crippen LogP contribution in [0.5, 0.6) is 0 Å². The Bertz CT molecular complexity index is 482. The van der Waals surface area contributed by atoms with Gasteiger partial charge in [0.2, 0.25) is 0 Å². The van der Waals surface area contributed by atoms with Gasteiger partial charge in [0.05, 0.1) is 4.88 Å². The summed E-state index contributed by atoms with van der Waals surface area (Å²) in [7, 11) is 0. The summed E-state index contributed by atoms with van der Waals surface area (Å²) >= 11 is 1.86. The number of rotatable bonds is 5. The Hall–Kier alpha value is -0.910. The maximum Gasteiger partial charge on any atom is 0.275 e. The van der Waals surface area contributed by atoms with E-state index in [1.807, 2.05) is 11.3 Å². The maximum absolute atomic E-state index is 12.3. The topological polar surface area (TPSA) is 38.0 Å². The first kappa shape index (κ1) is 16.9. The highest BCUT2D eigenvalue weighted by atomic mass is 32.1. The number of hydrogen-bond donors (Lipinski definition) is 3. The molecule has 2 fully saturated rings. The summed E-state index contributed by atoms with van der Waals surface area (Å²) in [6.45, 7) is 8.69. The SMILES string of the molecule is C[C@@H]1CCCC[C@H]1NC(=O)C[NH+]1CC[NH+](Cc2cccs2)CC1. The second-order valence-corrected chi connectivity index (χ2v) is 8.40. The van der Waals surface area contributed by atoms with Crippen LogP contribution in [0.3, 0.4) is 0 Å². The quantitative estimate of drug-likeness (QED) is 0.680. The number of thiophene rings is 1. The molecule has 3 N–H and O–H groups in total. The summed E-state index contributed by atoms with van der Waals surface area (Å²) in [5.74, 6) is 0.912. The normalized spacial score (nSPS) is 31.7. The lowest BCUT2D eigenvalue weighted by molar-refractivity contribution is -1.01. The summed E-state index contributed by atoms with van der Waals surface area (Å²) in [6.07, 6.45) is 5.03. The van der Waals surface area contributed by atoms with E-state index in [0.29, 0.717) is 18.5 Å². The van der Waals surface area contributed by atoms with E-state index in [1.54, 1.807) is 4.90 Å². The standard InChI is InChI=1S/C18H29N3OS/c1-15-5-2-3-7-17(15)19-18(22)14-21-10-8-20(9-11-21)13-16-6-4-12-23-16/h4,6,12,15,17H,2-3,5,7-11,13-14H2,1H3,(H,19,22)/p+2/t15-,17-/m1/s1. The first-order valence-corrected chi connectivity index (χ1v) is 10.1. The van der Waals surface area contributed by atoms with E-state index in [9.17, 15) is 4.79 Å². The largest absolute Gasteiger partial charge is 0.348 e. The van der Waals surface area contributed by atoms with Crippen LogP contribution in [0.15, 0.2) is 17.5 Å². The fourth-order valence-corrected chi connectivity index (χ4v) is 4.76. The molecule has 1 aromatic heterocycles. The molecule has 2 heterocycles. The summed E-state index contributed by atoms with van der Waals surface area (Å²) in [6, 6.07) is 4.79. The number of quaternary nitrogens is 2. The molecule has 1 aromatic rings. The number of piperazine rings is 1. The lowest BCUT2D eigenvalue weighted by Gasteiger charge is -2.31. The number of carbonyl (C=O) groups excluding carboxylic acids is 1. The molecule has 1 aliphatic carbocycles. The minimum absolute atomic E-state index is 0.264. The highest BCUT2D eigenvalue weighted by Crippen LogP contribution is 2.23. The molecule has 2 atom stereocenters. The van der Waals surface area contributed by atoms with Crippen molar-refractivity contribution < 1.29 is 14.6 Å². The zero-order chi connectivity index (χ0) is 16.1. The van der Waals surface area contributed by atoms with Crippen molar-refractivity contribution in [2.45, 2.75) is 45.2 Å². The second-order valence-electron chi connectivity index (χ2n) is 7.37. The van der Waals surface area contributed by atoms with E-state index in [-0.39, 0.29) is 5.91 Å². The van der Waals surface area contributed by atoms with E-state index in [1.165, 1.54) is 48.5 Å². The zero-order valence-electron chi connectivity index (χ0n) is 14.3. The molecule has 5 heteroatoms. The molecule has 0 radical (unpaired) electrons. The molecule has 0 unspecified atom stereocenters. The molecule has 1 amide bonds. The van der Waals surface area contributed by atoms with E-state index >= 15 is 0 Å². The lowest BCUT2D eigenvalue weighted by Crippen LogP contribution is -3.28. The molecule has 128 valence electrons. The van der Waals surface area contributed by atoms with Gasteiger partial charge in [-0.3, -0.25) is 4.79 Å². The fraction of sp³-hybridized carbons (Fsp3) is 0.722. The minimum Gasteiger partial charge on any atom is -0.348 e. The first-order valence-electron chi connectivity index (χ1n) is 9.19. The molecule has 4 nitrogen and oxygen atoms in total. The van der Waals surface area contributed by atoms with Crippen molar-refractivity contribution in [3.05, 3.63) is 22.4 Å². The van der Waals surface area contributed by atoms with Crippen molar-refractivity contribution in [1.29, 1.82) is 0 Å². The Balaban J connectivity index is 1.37. The smallest absolute Gasteiger partial charge is 0.275 e. The molecule has 1 saturated carbocycles. The molecule has 1 saturated heterocycles. The predicted octanol–water partition coefficient (Wildman–Crippen LogP) is -0.274. The van der Waals surface area contributed by atoms with Crippen molar-refractivity contribution in [2.75, 3.05) is 32.7 Å². The molecule has 2 aliphatic rings. The van der Waals surface area contributed by atoms with Crippen molar-refractivity contribution in [1.82, 2.24) is 5.32 Å². The Morgan fingerprint density at radius 2 is 1.96 bits per heavy atom. The van der Waals surface area contributed by atoms with Crippen molar-refractivity contribution >= 4 is 17.2 Å². The van der Waals surface area contributed by atoms with E-state index in [0.717, 1.165) is 19.6 Å². The monoisotopic (exact) mass is 337 g/mol. The van der Waals surface area contributed by atoms with E-state index in [4.69, 9.17) is 0 Å². The summed E-state index contributed by atoms with van der Waals surface area (Å²) in [5, 5.41) is 5.46. The first-order chi connectivity index (χ1) is 11.2. The highest BCUT2D eigenvalue weighted by molar-refractivity contribution is 7.09. The van der Waals surface area contributed by atoms with Crippen LogP contribution in [0.2, 0.25) is 0 Å². The van der Waals surface area contributed by atoms with Crippen LogP contribution >= 0.6 is 11.3 Å². The van der Waals surface area contributed by atoms with Crippen LogP contribution in [0.25, 0.3) is 0 Å². The van der Waals surface area contributed by atoms with Crippen LogP contribution in [-0.2, 0) is 11.3 Å². The second kappa shape index (κ2) is 8.27. The Labute approximate surface area is 143 Å². The van der Waals surface area contributed by atoms with Crippen LogP contribution in [0.4, 0.5) is 0 Å². The van der Waals surface area contributed by atoms with E-state index in [2.05, 4.69) is 29.8 Å². The summed E-state index contributed by atoms with van der Waals surface area (Å²) in [4.78, 5) is 16.9. The molecule has 23 heavy (non-hydrogen) atoms. The zero-order valence-corrected chi connectivity index (χ0v) is 15.1. The molecular weight excluding hydrogens is 306 g/mol. The van der Waals surface area contributed by atoms with Gasteiger partial charge in [0, 0.05) is 6.04 Å². The average molecular weight is 338 g/mol. The Kier molecular flexibility index (Phi) is 6.08. The van der Waals surface area contributed by atoms with Gasteiger partial charge in [0.15, 0.2) is 6.54 Å². The van der Waals surface area contributed by atoms with Gasteiger partial charge in [0.1, 0.15) is 32.7 Å². The number of hydrogen-bond acceptors (Lipinski definition) is 2. The van der Waals surface area contributed by atoms with Gasteiger partial charge in [-0.25, -0.2) is 0 Å². The molecule has 0 aromatic carbocycles. The summed E-state index contributed by atoms with van der Waals surface area (Å²) in [5.41, 5.74) is 0. The fourth-order valence-electron chi connectivity index (χ4n) is 3.99. The molecule has 1 aliphatic heterocycles. The van der Waals surface area contributed by atoms with Gasteiger partial charge in [-0.05, 0) is 30.2 Å². The molecule has 0 bridgehead atoms.